The van der Waals surface area contributed by atoms with Gasteiger partial charge >= 0.3 is 0 Å². The second-order valence-electron chi connectivity index (χ2n) is 7.45. The summed E-state index contributed by atoms with van der Waals surface area (Å²) in [4.78, 5) is 12.1. The van der Waals surface area contributed by atoms with Crippen LogP contribution < -0.4 is 14.9 Å². The van der Waals surface area contributed by atoms with Crippen molar-refractivity contribution in [2.24, 2.45) is 5.10 Å². The molecule has 1 heterocycles. The molecule has 0 radical (unpaired) electrons. The highest BCUT2D eigenvalue weighted by molar-refractivity contribution is 14.1. The summed E-state index contributed by atoms with van der Waals surface area (Å²) in [6.45, 7) is 0.414. The minimum Gasteiger partial charge on any atom is -0.487 e. The van der Waals surface area contributed by atoms with Gasteiger partial charge in [-0.3, -0.25) is 4.79 Å². The van der Waals surface area contributed by atoms with Crippen LogP contribution in [0.4, 0.5) is 0 Å². The Morgan fingerprint density at radius 3 is 2.29 bits per heavy atom. The van der Waals surface area contributed by atoms with Gasteiger partial charge < -0.3 is 9.47 Å². The second kappa shape index (κ2) is 13.7. The number of benzene rings is 3. The maximum atomic E-state index is 12.1. The van der Waals surface area contributed by atoms with E-state index < -0.39 is 0 Å². The number of amides is 1. The van der Waals surface area contributed by atoms with Gasteiger partial charge in [0.1, 0.15) is 18.1 Å². The molecule has 1 amide bonds. The predicted molar refractivity (Wildman–Crippen MR) is 171 cm³/mol. The van der Waals surface area contributed by atoms with Crippen LogP contribution in [0.2, 0.25) is 0 Å². The molecule has 1 fully saturated rings. The second-order valence-corrected chi connectivity index (χ2v) is 13.7. The summed E-state index contributed by atoms with van der Waals surface area (Å²) in [6, 6.07) is 20.2. The highest BCUT2D eigenvalue weighted by Gasteiger charge is 2.18. The summed E-state index contributed by atoms with van der Waals surface area (Å²) >= 11 is 10.7. The molecule has 1 aliphatic rings. The monoisotopic (exact) mass is 842 g/mol. The summed E-state index contributed by atoms with van der Waals surface area (Å²) < 4.78 is 15.3. The van der Waals surface area contributed by atoms with Gasteiger partial charge in [-0.15, -0.1) is 23.5 Å². The molecule has 5 nitrogen and oxygen atoms in total. The van der Waals surface area contributed by atoms with Crippen molar-refractivity contribution in [2.45, 2.75) is 11.2 Å². The molecule has 0 atom stereocenters. The lowest BCUT2D eigenvalue weighted by Crippen LogP contribution is -2.24. The van der Waals surface area contributed by atoms with Crippen LogP contribution in [0.5, 0.6) is 11.5 Å². The van der Waals surface area contributed by atoms with Gasteiger partial charge in [-0.2, -0.15) is 5.10 Å². The van der Waals surface area contributed by atoms with Gasteiger partial charge in [0.15, 0.2) is 6.61 Å². The van der Waals surface area contributed by atoms with Crippen molar-refractivity contribution in [3.8, 4) is 11.5 Å². The number of halogens is 3. The fraction of sp³-hybridized carbons (Fsp3) is 0.200. The number of hydrogen-bond donors (Lipinski definition) is 1. The Labute approximate surface area is 254 Å². The molecule has 1 saturated heterocycles. The Balaban J connectivity index is 1.25. The molecule has 0 saturated carbocycles. The summed E-state index contributed by atoms with van der Waals surface area (Å²) in [7, 11) is 0. The van der Waals surface area contributed by atoms with E-state index >= 15 is 0 Å². The molecule has 10 heteroatoms. The lowest BCUT2D eigenvalue weighted by Gasteiger charge is -2.11. The smallest absolute Gasteiger partial charge is 0.277 e. The Hall–Kier alpha value is -0.710. The van der Waals surface area contributed by atoms with E-state index in [4.69, 9.17) is 9.47 Å². The van der Waals surface area contributed by atoms with Crippen molar-refractivity contribution < 1.29 is 14.3 Å². The van der Waals surface area contributed by atoms with E-state index in [1.807, 2.05) is 47.8 Å². The number of ether oxygens (including phenoxy) is 2. The minimum atomic E-state index is -0.311. The van der Waals surface area contributed by atoms with Crippen molar-refractivity contribution >= 4 is 103 Å². The van der Waals surface area contributed by atoms with E-state index in [2.05, 4.69) is 115 Å². The summed E-state index contributed by atoms with van der Waals surface area (Å²) in [5.41, 5.74) is 5.81. The number of nitrogens with zero attached hydrogens (tertiary/aromatic N) is 1. The number of rotatable bonds is 9. The molecule has 4 rings (SSSR count). The quantitative estimate of drug-likeness (QED) is 0.142. The number of hydrogen-bond acceptors (Lipinski definition) is 6. The van der Waals surface area contributed by atoms with Crippen LogP contribution in [-0.2, 0) is 11.4 Å². The molecule has 0 aromatic heterocycles. The highest BCUT2D eigenvalue weighted by Crippen LogP contribution is 2.45. The maximum absolute atomic E-state index is 12.1. The van der Waals surface area contributed by atoms with E-state index in [0.29, 0.717) is 16.9 Å². The average Bonchev–Trinajstić information content (AvgIpc) is 3.39. The molecule has 0 unspecified atom stereocenters. The van der Waals surface area contributed by atoms with E-state index in [1.165, 1.54) is 20.6 Å². The number of carbonyl (C=O) groups excluding carboxylic acids is 1. The fourth-order valence-corrected chi connectivity index (χ4v) is 8.51. The van der Waals surface area contributed by atoms with Gasteiger partial charge in [0.2, 0.25) is 0 Å². The van der Waals surface area contributed by atoms with Crippen molar-refractivity contribution in [1.29, 1.82) is 0 Å². The molecule has 3 aromatic rings. The Morgan fingerprint density at radius 1 is 0.971 bits per heavy atom. The normalized spacial score (nSPS) is 13.8. The van der Waals surface area contributed by atoms with Crippen LogP contribution in [-0.4, -0.2) is 30.2 Å². The van der Waals surface area contributed by atoms with Crippen LogP contribution >= 0.6 is 91.3 Å². The van der Waals surface area contributed by atoms with E-state index in [9.17, 15) is 4.79 Å². The Morgan fingerprint density at radius 2 is 1.63 bits per heavy atom. The lowest BCUT2D eigenvalue weighted by molar-refractivity contribution is -0.123. The summed E-state index contributed by atoms with van der Waals surface area (Å²) in [5.74, 6) is 3.59. The molecule has 0 bridgehead atoms. The van der Waals surface area contributed by atoms with Gasteiger partial charge in [-0.05, 0) is 121 Å². The first-order valence-corrected chi connectivity index (χ1v) is 16.0. The first kappa shape index (κ1) is 27.3. The van der Waals surface area contributed by atoms with Crippen LogP contribution in [0, 0.1) is 10.7 Å². The van der Waals surface area contributed by atoms with E-state index in [0.717, 1.165) is 24.0 Å². The van der Waals surface area contributed by atoms with Crippen molar-refractivity contribution in [2.75, 3.05) is 18.1 Å². The van der Waals surface area contributed by atoms with E-state index in [1.54, 1.807) is 6.21 Å². The molecule has 1 aliphatic heterocycles. The van der Waals surface area contributed by atoms with Crippen molar-refractivity contribution in [1.82, 2.24) is 5.43 Å². The van der Waals surface area contributed by atoms with Crippen LogP contribution in [0.15, 0.2) is 65.8 Å². The summed E-state index contributed by atoms with van der Waals surface area (Å²) in [6.07, 6.45) is 1.62. The molecule has 0 spiro atoms. The molecule has 182 valence electrons. The summed E-state index contributed by atoms with van der Waals surface area (Å²) in [5, 5.41) is 4.08. The molecule has 1 N–H and O–H groups in total. The van der Waals surface area contributed by atoms with Gasteiger partial charge in [-0.1, -0.05) is 24.3 Å². The first-order chi connectivity index (χ1) is 17.0. The van der Waals surface area contributed by atoms with Crippen LogP contribution in [0.1, 0.15) is 21.3 Å². The van der Waals surface area contributed by atoms with Crippen LogP contribution in [0.25, 0.3) is 0 Å². The zero-order valence-corrected chi connectivity index (χ0v) is 26.5. The SMILES string of the molecule is O=C(COc1ccc(C2SCCS2)cc1)N/N=C\c1cc(I)c(OCc2ccc(I)cc2)c(I)c1. The zero-order valence-electron chi connectivity index (χ0n) is 18.4. The van der Waals surface area contributed by atoms with Gasteiger partial charge in [0, 0.05) is 15.1 Å². The molecule has 35 heavy (non-hydrogen) atoms. The van der Waals surface area contributed by atoms with Crippen LogP contribution in [0.3, 0.4) is 0 Å². The Bertz CT molecular complexity index is 1160. The number of nitrogens with one attached hydrogen (secondary N) is 1. The third kappa shape index (κ3) is 8.40. The average molecular weight is 842 g/mol. The molecular weight excluding hydrogens is 821 g/mol. The van der Waals surface area contributed by atoms with Crippen molar-refractivity contribution in [3.63, 3.8) is 0 Å². The van der Waals surface area contributed by atoms with Crippen molar-refractivity contribution in [3.05, 3.63) is 88.1 Å². The topological polar surface area (TPSA) is 59.9 Å². The predicted octanol–water partition coefficient (Wildman–Crippen LogP) is 7.09. The number of thioether (sulfide) groups is 2. The molecular formula is C25H21I3N2O3S2. The fourth-order valence-electron chi connectivity index (χ4n) is 3.16. The number of hydrazone groups is 1. The highest BCUT2D eigenvalue weighted by atomic mass is 127. The standard InChI is InChI=1S/C25H21I3N2O3S2/c26-19-5-1-16(2-6-19)14-33-24-21(27)11-17(12-22(24)28)13-29-30-23(31)15-32-20-7-3-18(4-8-20)25-34-9-10-35-25/h1-8,11-13,25H,9-10,14-15H2,(H,30,31)/b29-13-. The molecule has 3 aromatic carbocycles. The van der Waals surface area contributed by atoms with Gasteiger partial charge in [-0.25, -0.2) is 5.43 Å². The lowest BCUT2D eigenvalue weighted by atomic mass is 10.2. The zero-order chi connectivity index (χ0) is 24.6. The maximum Gasteiger partial charge on any atom is 0.277 e. The Kier molecular flexibility index (Phi) is 10.7. The minimum absolute atomic E-state index is 0.0933. The van der Waals surface area contributed by atoms with Gasteiger partial charge in [0.25, 0.3) is 5.91 Å². The van der Waals surface area contributed by atoms with Gasteiger partial charge in [0.05, 0.1) is 17.9 Å². The van der Waals surface area contributed by atoms with E-state index in [-0.39, 0.29) is 12.5 Å². The largest absolute Gasteiger partial charge is 0.487 e. The third-order valence-corrected chi connectivity index (χ3v) is 10.3. The third-order valence-electron chi connectivity index (χ3n) is 4.86. The number of carbonyl (C=O) groups is 1. The first-order valence-electron chi connectivity index (χ1n) is 10.6. The molecule has 0 aliphatic carbocycles.